The smallest absolute Gasteiger partial charge is 0.0197 e. The van der Waals surface area contributed by atoms with Crippen molar-refractivity contribution in [2.24, 2.45) is 5.92 Å². The van der Waals surface area contributed by atoms with E-state index in [0.717, 1.165) is 18.0 Å². The lowest BCUT2D eigenvalue weighted by Crippen LogP contribution is -2.56. The van der Waals surface area contributed by atoms with Gasteiger partial charge in [0.2, 0.25) is 0 Å². The first-order valence-corrected chi connectivity index (χ1v) is 8.06. The topological polar surface area (TPSA) is 18.5 Å². The molecule has 1 N–H and O–H groups in total. The van der Waals surface area contributed by atoms with Crippen LogP contribution in [-0.4, -0.2) is 60.6 Å². The van der Waals surface area contributed by atoms with Crippen LogP contribution in [-0.2, 0) is 0 Å². The van der Waals surface area contributed by atoms with Gasteiger partial charge < -0.3 is 10.2 Å². The average molecular weight is 267 g/mol. The third-order valence-corrected chi connectivity index (χ3v) is 4.80. The molecular weight excluding hydrogens is 234 g/mol. The van der Waals surface area contributed by atoms with E-state index in [1.165, 1.54) is 45.4 Å². The first-order valence-electron chi connectivity index (χ1n) is 8.06. The summed E-state index contributed by atoms with van der Waals surface area (Å²) >= 11 is 0. The average Bonchev–Trinajstić information content (AvgIpc) is 2.38. The van der Waals surface area contributed by atoms with Gasteiger partial charge in [-0.05, 0) is 79.6 Å². The van der Waals surface area contributed by atoms with Crippen LogP contribution in [0.25, 0.3) is 0 Å². The molecule has 3 heteroatoms. The molecule has 2 fully saturated rings. The molecule has 0 aromatic heterocycles. The Hall–Kier alpha value is -0.120. The first kappa shape index (κ1) is 15.3. The Balaban J connectivity index is 1.86. The van der Waals surface area contributed by atoms with Crippen molar-refractivity contribution in [1.82, 2.24) is 15.1 Å². The quantitative estimate of drug-likeness (QED) is 0.845. The number of likely N-dealkylation sites (N-methyl/N-ethyl adjacent to an activating group) is 1. The van der Waals surface area contributed by atoms with Crippen molar-refractivity contribution in [3.05, 3.63) is 0 Å². The minimum Gasteiger partial charge on any atom is -0.312 e. The van der Waals surface area contributed by atoms with Gasteiger partial charge in [-0.15, -0.1) is 0 Å². The van der Waals surface area contributed by atoms with E-state index >= 15 is 0 Å². The molecule has 0 aromatic carbocycles. The molecule has 0 bridgehead atoms. The van der Waals surface area contributed by atoms with Gasteiger partial charge >= 0.3 is 0 Å². The third-order valence-electron chi connectivity index (χ3n) is 4.80. The maximum Gasteiger partial charge on any atom is 0.0197 e. The fraction of sp³-hybridized carbons (Fsp3) is 1.00. The zero-order valence-corrected chi connectivity index (χ0v) is 13.6. The Morgan fingerprint density at radius 1 is 1.16 bits per heavy atom. The normalized spacial score (nSPS) is 34.9. The largest absolute Gasteiger partial charge is 0.312 e. The number of rotatable bonds is 3. The molecule has 1 saturated carbocycles. The van der Waals surface area contributed by atoms with Crippen LogP contribution in [0.15, 0.2) is 0 Å². The molecular formula is C16H33N3. The molecule has 3 nitrogen and oxygen atoms in total. The number of hydrogen-bond acceptors (Lipinski definition) is 3. The molecule has 1 aliphatic carbocycles. The standard InChI is InChI=1S/C16H33N3/c1-13-12-18(5)9-6-10-19(13)15-8-7-14(15)11-17-16(2,3)4/h13-15,17H,6-12H2,1-5H3. The molecule has 3 atom stereocenters. The van der Waals surface area contributed by atoms with Crippen molar-refractivity contribution < 1.29 is 0 Å². The van der Waals surface area contributed by atoms with Crippen molar-refractivity contribution in [3.63, 3.8) is 0 Å². The predicted molar refractivity (Wildman–Crippen MR) is 82.5 cm³/mol. The zero-order chi connectivity index (χ0) is 14.0. The van der Waals surface area contributed by atoms with Crippen LogP contribution >= 0.6 is 0 Å². The van der Waals surface area contributed by atoms with Crippen LogP contribution in [0.5, 0.6) is 0 Å². The van der Waals surface area contributed by atoms with Crippen LogP contribution < -0.4 is 5.32 Å². The van der Waals surface area contributed by atoms with E-state index in [1.54, 1.807) is 0 Å². The molecule has 1 aliphatic heterocycles. The van der Waals surface area contributed by atoms with E-state index in [4.69, 9.17) is 0 Å². The molecule has 19 heavy (non-hydrogen) atoms. The van der Waals surface area contributed by atoms with E-state index in [9.17, 15) is 0 Å². The highest BCUT2D eigenvalue weighted by Crippen LogP contribution is 2.34. The SMILES string of the molecule is CC1CN(C)CCCN1C1CCC1CNC(C)(C)C. The highest BCUT2D eigenvalue weighted by atomic mass is 15.3. The summed E-state index contributed by atoms with van der Waals surface area (Å²) in [6.07, 6.45) is 4.15. The van der Waals surface area contributed by atoms with Crippen molar-refractivity contribution in [3.8, 4) is 0 Å². The Morgan fingerprint density at radius 3 is 2.47 bits per heavy atom. The molecule has 2 rings (SSSR count). The lowest BCUT2D eigenvalue weighted by molar-refractivity contribution is 0.0321. The van der Waals surface area contributed by atoms with Crippen molar-refractivity contribution in [2.45, 2.75) is 64.6 Å². The van der Waals surface area contributed by atoms with Crippen molar-refractivity contribution in [1.29, 1.82) is 0 Å². The summed E-state index contributed by atoms with van der Waals surface area (Å²) in [4.78, 5) is 5.29. The Labute approximate surface area is 119 Å². The first-order chi connectivity index (χ1) is 8.87. The Morgan fingerprint density at radius 2 is 1.89 bits per heavy atom. The maximum atomic E-state index is 3.70. The van der Waals surface area contributed by atoms with Crippen LogP contribution in [0.4, 0.5) is 0 Å². The second-order valence-electron chi connectivity index (χ2n) is 7.74. The van der Waals surface area contributed by atoms with Gasteiger partial charge in [0.05, 0.1) is 0 Å². The predicted octanol–water partition coefficient (Wildman–Crippen LogP) is 2.18. The molecule has 2 aliphatic rings. The van der Waals surface area contributed by atoms with Crippen LogP contribution in [0, 0.1) is 5.92 Å². The number of hydrogen-bond donors (Lipinski definition) is 1. The van der Waals surface area contributed by atoms with Crippen molar-refractivity contribution in [2.75, 3.05) is 33.2 Å². The van der Waals surface area contributed by atoms with Crippen LogP contribution in [0.1, 0.15) is 47.0 Å². The molecule has 0 spiro atoms. The van der Waals surface area contributed by atoms with Gasteiger partial charge in [-0.2, -0.15) is 0 Å². The minimum absolute atomic E-state index is 0.255. The molecule has 1 saturated heterocycles. The minimum atomic E-state index is 0.255. The van der Waals surface area contributed by atoms with Gasteiger partial charge in [-0.1, -0.05) is 0 Å². The lowest BCUT2D eigenvalue weighted by Gasteiger charge is -2.47. The monoisotopic (exact) mass is 267 g/mol. The number of nitrogens with one attached hydrogen (secondary N) is 1. The molecule has 0 aromatic rings. The van der Waals surface area contributed by atoms with E-state index in [-0.39, 0.29) is 5.54 Å². The Kier molecular flexibility index (Phi) is 4.91. The molecule has 3 unspecified atom stereocenters. The summed E-state index contributed by atoms with van der Waals surface area (Å²) in [5.74, 6) is 0.866. The summed E-state index contributed by atoms with van der Waals surface area (Å²) < 4.78 is 0. The fourth-order valence-corrected chi connectivity index (χ4v) is 3.55. The number of nitrogens with zero attached hydrogens (tertiary/aromatic N) is 2. The van der Waals surface area contributed by atoms with E-state index in [2.05, 4.69) is 49.9 Å². The van der Waals surface area contributed by atoms with Gasteiger partial charge in [-0.3, -0.25) is 4.90 Å². The summed E-state index contributed by atoms with van der Waals surface area (Å²) in [6.45, 7) is 14.2. The van der Waals surface area contributed by atoms with Gasteiger partial charge in [0.25, 0.3) is 0 Å². The molecule has 0 amide bonds. The maximum absolute atomic E-state index is 3.70. The van der Waals surface area contributed by atoms with E-state index < -0.39 is 0 Å². The van der Waals surface area contributed by atoms with E-state index in [0.29, 0.717) is 0 Å². The lowest BCUT2D eigenvalue weighted by atomic mass is 9.77. The second kappa shape index (κ2) is 6.11. The Bertz CT molecular complexity index is 284. The summed E-state index contributed by atoms with van der Waals surface area (Å²) in [6, 6.07) is 1.55. The summed E-state index contributed by atoms with van der Waals surface area (Å²) in [5.41, 5.74) is 0.255. The van der Waals surface area contributed by atoms with E-state index in [1.807, 2.05) is 0 Å². The van der Waals surface area contributed by atoms with Crippen molar-refractivity contribution >= 4 is 0 Å². The highest BCUT2D eigenvalue weighted by molar-refractivity contribution is 4.94. The van der Waals surface area contributed by atoms with Gasteiger partial charge in [-0.25, -0.2) is 0 Å². The summed E-state index contributed by atoms with van der Waals surface area (Å²) in [7, 11) is 2.26. The molecule has 0 radical (unpaired) electrons. The van der Waals surface area contributed by atoms with Crippen LogP contribution in [0.3, 0.4) is 0 Å². The molecule has 1 heterocycles. The van der Waals surface area contributed by atoms with Gasteiger partial charge in [0, 0.05) is 24.2 Å². The molecule has 112 valence electrons. The summed E-state index contributed by atoms with van der Waals surface area (Å²) in [5, 5.41) is 3.70. The van der Waals surface area contributed by atoms with Gasteiger partial charge in [0.15, 0.2) is 0 Å². The van der Waals surface area contributed by atoms with Crippen LogP contribution in [0.2, 0.25) is 0 Å². The highest BCUT2D eigenvalue weighted by Gasteiger charge is 2.38. The fourth-order valence-electron chi connectivity index (χ4n) is 3.55. The second-order valence-corrected chi connectivity index (χ2v) is 7.74. The van der Waals surface area contributed by atoms with Gasteiger partial charge in [0.1, 0.15) is 0 Å². The third kappa shape index (κ3) is 4.17. The zero-order valence-electron chi connectivity index (χ0n) is 13.6.